The normalized spacial score (nSPS) is 11.9. The van der Waals surface area contributed by atoms with Crippen molar-refractivity contribution in [3.8, 4) is 23.0 Å². The Hall–Kier alpha value is -9.98. The quantitative estimate of drug-likeness (QED) is 0.0514. The van der Waals surface area contributed by atoms with Crippen molar-refractivity contribution in [1.29, 1.82) is 0 Å². The van der Waals surface area contributed by atoms with E-state index in [4.69, 9.17) is 19.7 Å². The molecule has 0 aliphatic carbocycles. The lowest BCUT2D eigenvalue weighted by Gasteiger charge is -2.14. The predicted octanol–water partition coefficient (Wildman–Crippen LogP) is 7.63. The average molecular weight is 1100 g/mol. The highest BCUT2D eigenvalue weighted by Crippen LogP contribution is 2.44. The van der Waals surface area contributed by atoms with Gasteiger partial charge < -0.3 is 48.4 Å². The van der Waals surface area contributed by atoms with E-state index in [1.54, 1.807) is 88.9 Å². The monoisotopic (exact) mass is 1100 g/mol. The molecule has 5 heterocycles. The largest absolute Gasteiger partial charge is 0.477 e. The number of carboxylic acids is 2. The Morgan fingerprint density at radius 2 is 0.818 bits per heavy atom. The minimum absolute atomic E-state index is 0.0503. The summed E-state index contributed by atoms with van der Waals surface area (Å²) in [5.74, 6) is -7.91. The van der Waals surface area contributed by atoms with Crippen LogP contribution < -0.4 is 18.9 Å². The predicted molar refractivity (Wildman–Crippen MR) is 271 cm³/mol. The molecule has 0 bridgehead atoms. The first-order chi connectivity index (χ1) is 36.8. The van der Waals surface area contributed by atoms with Crippen molar-refractivity contribution in [3.05, 3.63) is 149 Å². The fourth-order valence-corrected chi connectivity index (χ4v) is 11.2. The average Bonchev–Trinajstić information content (AvgIpc) is 4.18. The van der Waals surface area contributed by atoms with Gasteiger partial charge in [0.25, 0.3) is 24.8 Å². The Kier molecular flexibility index (Phi) is 15.1. The zero-order valence-corrected chi connectivity index (χ0v) is 42.2. The number of hydrogen-bond donors (Lipinski definition) is 2. The number of thiophene rings is 3. The minimum Gasteiger partial charge on any atom is -0.477 e. The summed E-state index contributed by atoms with van der Waals surface area (Å²) in [5, 5.41) is 19.0. The number of benzene rings is 5. The molecule has 2 aliphatic rings. The summed E-state index contributed by atoms with van der Waals surface area (Å²) in [7, 11) is 6.27. The second-order valence-corrected chi connectivity index (χ2v) is 19.2. The highest BCUT2D eigenvalue weighted by atomic mass is 32.1. The van der Waals surface area contributed by atoms with E-state index in [2.05, 4.69) is 18.9 Å². The van der Waals surface area contributed by atoms with Gasteiger partial charge in [0.15, 0.2) is 0 Å². The molecule has 2 aliphatic heterocycles. The van der Waals surface area contributed by atoms with E-state index in [-0.39, 0.29) is 97.5 Å². The number of carbonyl (C=O) groups is 12. The summed E-state index contributed by atoms with van der Waals surface area (Å²) in [5.41, 5.74) is 0.459. The molecule has 25 heteroatoms. The molecule has 0 saturated carbocycles. The van der Waals surface area contributed by atoms with Crippen LogP contribution in [0.1, 0.15) is 99.5 Å². The zero-order valence-electron chi connectivity index (χ0n) is 39.8. The van der Waals surface area contributed by atoms with Crippen LogP contribution in [0, 0.1) is 0 Å². The molecule has 22 nitrogen and oxygen atoms in total. The number of ether oxygens (including phenoxy) is 6. The standard InChI is InChI=1S/C28H24N2O6S.C12H6O8S.C12H2O6S/c1-29(2)25(31)23-21-19(27(33)35-17-11-7-5-8-12-17)15-16-20(22(21)24(37-23)26(32)30(3)4)28(34)36-18-13-9-6-10-14-18;13-3-19-5-1-2-6(20-4-14)8-7(5)9(11(15)16)21-10(8)12(17)18;13-9-3-1-2-4-6-5(3)7(11(15)17-9)19-8(6)12(16)18-10(4)14/h5-16H,1-4H3;1-4H,(H,15,16)(H,17,18);1-2H. The molecule has 2 N–H and O–H groups in total. The third kappa shape index (κ3) is 10.2. The molecule has 77 heavy (non-hydrogen) atoms. The first-order valence-electron chi connectivity index (χ1n) is 21.7. The minimum atomic E-state index is -1.39. The lowest BCUT2D eigenvalue weighted by molar-refractivity contribution is -0.121. The van der Waals surface area contributed by atoms with Crippen LogP contribution in [0.2, 0.25) is 0 Å². The van der Waals surface area contributed by atoms with Gasteiger partial charge in [0.05, 0.1) is 33.0 Å². The number of nitrogens with zero attached hydrogens (tertiary/aromatic N) is 2. The molecule has 0 atom stereocenters. The van der Waals surface area contributed by atoms with Gasteiger partial charge in [0.2, 0.25) is 0 Å². The van der Waals surface area contributed by atoms with Crippen molar-refractivity contribution >= 4 is 139 Å². The Morgan fingerprint density at radius 1 is 0.455 bits per heavy atom. The molecule has 5 aromatic carbocycles. The van der Waals surface area contributed by atoms with Gasteiger partial charge in [-0.25, -0.2) is 38.4 Å². The van der Waals surface area contributed by atoms with Gasteiger partial charge in [-0.3, -0.25) is 19.2 Å². The molecule has 0 radical (unpaired) electrons. The van der Waals surface area contributed by atoms with Crippen molar-refractivity contribution in [2.24, 2.45) is 0 Å². The molecule has 10 rings (SSSR count). The third-order valence-corrected chi connectivity index (χ3v) is 14.5. The van der Waals surface area contributed by atoms with Gasteiger partial charge in [-0.15, -0.1) is 34.0 Å². The van der Waals surface area contributed by atoms with Gasteiger partial charge in [0, 0.05) is 49.7 Å². The second-order valence-electron chi connectivity index (χ2n) is 16.1. The molecule has 388 valence electrons. The van der Waals surface area contributed by atoms with E-state index in [1.807, 2.05) is 0 Å². The summed E-state index contributed by atoms with van der Waals surface area (Å²) >= 11 is 2.27. The van der Waals surface area contributed by atoms with Gasteiger partial charge >= 0.3 is 47.8 Å². The number of fused-ring (bicyclic) bond motifs is 2. The van der Waals surface area contributed by atoms with Crippen LogP contribution in [-0.2, 0) is 19.1 Å². The van der Waals surface area contributed by atoms with Crippen molar-refractivity contribution in [2.45, 2.75) is 0 Å². The summed E-state index contributed by atoms with van der Waals surface area (Å²) in [6.07, 6.45) is 0. The van der Waals surface area contributed by atoms with Crippen molar-refractivity contribution < 1.29 is 96.2 Å². The van der Waals surface area contributed by atoms with Crippen LogP contribution in [0.4, 0.5) is 0 Å². The fourth-order valence-electron chi connectivity index (χ4n) is 7.73. The van der Waals surface area contributed by atoms with Gasteiger partial charge in [-0.1, -0.05) is 36.4 Å². The molecular weight excluding hydrogens is 1070 g/mol. The van der Waals surface area contributed by atoms with E-state index in [0.717, 1.165) is 22.7 Å². The van der Waals surface area contributed by atoms with Crippen LogP contribution in [0.15, 0.2) is 97.1 Å². The summed E-state index contributed by atoms with van der Waals surface area (Å²) in [4.78, 5) is 146. The topological polar surface area (TPSA) is 307 Å². The van der Waals surface area contributed by atoms with Crippen molar-refractivity contribution in [1.82, 2.24) is 9.80 Å². The number of para-hydroxylation sites is 2. The summed E-state index contributed by atoms with van der Waals surface area (Å²) in [6, 6.07) is 25.0. The van der Waals surface area contributed by atoms with E-state index in [1.165, 1.54) is 46.2 Å². The maximum atomic E-state index is 13.3. The molecule has 3 aromatic heterocycles. The van der Waals surface area contributed by atoms with E-state index in [0.29, 0.717) is 33.6 Å². The molecule has 2 amide bonds. The van der Waals surface area contributed by atoms with E-state index in [9.17, 15) is 57.5 Å². The molecule has 0 unspecified atom stereocenters. The molecule has 0 fully saturated rings. The number of hydrogen-bond acceptors (Lipinski definition) is 21. The van der Waals surface area contributed by atoms with Crippen LogP contribution in [0.3, 0.4) is 0 Å². The maximum Gasteiger partial charge on any atom is 0.356 e. The number of esters is 6. The molecular formula is C52H32N2O20S3. The van der Waals surface area contributed by atoms with E-state index < -0.39 is 59.6 Å². The third-order valence-electron chi connectivity index (χ3n) is 11.0. The Morgan fingerprint density at radius 3 is 1.16 bits per heavy atom. The number of amides is 2. The lowest BCUT2D eigenvalue weighted by atomic mass is 9.97. The molecule has 8 aromatic rings. The Bertz CT molecular complexity index is 3630. The smallest absolute Gasteiger partial charge is 0.356 e. The maximum absolute atomic E-state index is 13.3. The summed E-state index contributed by atoms with van der Waals surface area (Å²) < 4.78 is 29.6. The SMILES string of the molecule is CN(C)C(=O)c1sc(C(=O)N(C)C)c2c(C(=O)Oc3ccccc3)ccc(C(=O)Oc3ccccc3)c12.O=C1OC(=O)c2sc3c4c(ccc1c24)C(=O)OC3=O.O=COc1ccc(OC=O)c2c(C(=O)O)sc(C(=O)O)c12. The highest BCUT2D eigenvalue weighted by molar-refractivity contribution is 7.19. The number of cyclic esters (lactones) is 4. The Balaban J connectivity index is 0.000000165. The second kappa shape index (κ2) is 21.9. The molecule has 0 saturated heterocycles. The van der Waals surface area contributed by atoms with Crippen molar-refractivity contribution in [2.75, 3.05) is 28.2 Å². The first kappa shape index (κ1) is 53.3. The number of rotatable bonds is 12. The van der Waals surface area contributed by atoms with Crippen LogP contribution >= 0.6 is 34.0 Å². The van der Waals surface area contributed by atoms with Crippen LogP contribution in [0.25, 0.3) is 32.3 Å². The van der Waals surface area contributed by atoms with Crippen molar-refractivity contribution in [3.63, 3.8) is 0 Å². The van der Waals surface area contributed by atoms with E-state index >= 15 is 0 Å². The Labute approximate surface area is 442 Å². The summed E-state index contributed by atoms with van der Waals surface area (Å²) in [6.45, 7) is 0.164. The number of carbonyl (C=O) groups excluding carboxylic acids is 10. The zero-order chi connectivity index (χ0) is 55.6. The number of carboxylic acid groups (broad SMARTS) is 2. The first-order valence-corrected chi connectivity index (χ1v) is 24.2. The van der Waals surface area contributed by atoms with Gasteiger partial charge in [-0.2, -0.15) is 0 Å². The van der Waals surface area contributed by atoms with Crippen LogP contribution in [0.5, 0.6) is 23.0 Å². The lowest BCUT2D eigenvalue weighted by Crippen LogP contribution is -2.21. The number of aromatic carboxylic acids is 2. The molecule has 0 spiro atoms. The fraction of sp³-hybridized carbons (Fsp3) is 0.0769. The van der Waals surface area contributed by atoms with Gasteiger partial charge in [-0.05, 0) is 60.7 Å². The highest BCUT2D eigenvalue weighted by Gasteiger charge is 2.39. The van der Waals surface area contributed by atoms with Gasteiger partial charge in [0.1, 0.15) is 52.3 Å². The van der Waals surface area contributed by atoms with Crippen LogP contribution in [-0.4, -0.2) is 121 Å².